The maximum absolute atomic E-state index is 12.6. The summed E-state index contributed by atoms with van der Waals surface area (Å²) < 4.78 is 1.90. The fourth-order valence-corrected chi connectivity index (χ4v) is 3.94. The molecule has 2 aliphatic heterocycles. The number of hydrogen-bond donors (Lipinski definition) is 2. The van der Waals surface area contributed by atoms with Gasteiger partial charge >= 0.3 is 0 Å². The van der Waals surface area contributed by atoms with Crippen LogP contribution in [0.4, 0.5) is 5.69 Å². The molecule has 3 heterocycles. The van der Waals surface area contributed by atoms with Crippen LogP contribution in [0.1, 0.15) is 60.7 Å². The van der Waals surface area contributed by atoms with Crippen molar-refractivity contribution in [3.8, 4) is 0 Å². The Balaban J connectivity index is 1.37. The van der Waals surface area contributed by atoms with Crippen molar-refractivity contribution in [2.75, 3.05) is 24.5 Å². The van der Waals surface area contributed by atoms with Crippen LogP contribution in [0.3, 0.4) is 0 Å². The summed E-state index contributed by atoms with van der Waals surface area (Å²) in [6.45, 7) is 4.68. The third kappa shape index (κ3) is 3.94. The number of nitrogens with one attached hydrogen (secondary N) is 2. The van der Waals surface area contributed by atoms with E-state index in [1.807, 2.05) is 47.0 Å². The number of carbonyl (C=O) groups is 2. The van der Waals surface area contributed by atoms with E-state index >= 15 is 0 Å². The number of aromatic nitrogens is 2. The molecule has 148 valence electrons. The summed E-state index contributed by atoms with van der Waals surface area (Å²) >= 11 is 0. The predicted molar refractivity (Wildman–Crippen MR) is 107 cm³/mol. The van der Waals surface area contributed by atoms with E-state index in [1.165, 1.54) is 0 Å². The lowest BCUT2D eigenvalue weighted by Gasteiger charge is -2.23. The van der Waals surface area contributed by atoms with Gasteiger partial charge in [0.25, 0.3) is 5.91 Å². The second-order valence-electron chi connectivity index (χ2n) is 7.62. The highest BCUT2D eigenvalue weighted by atomic mass is 16.2. The summed E-state index contributed by atoms with van der Waals surface area (Å²) in [5.74, 6) is 0.00618. The van der Waals surface area contributed by atoms with Crippen molar-refractivity contribution in [1.82, 2.24) is 20.4 Å². The number of benzene rings is 1. The fourth-order valence-electron chi connectivity index (χ4n) is 3.94. The lowest BCUT2D eigenvalue weighted by Crippen LogP contribution is -2.32. The first kappa shape index (κ1) is 18.7. The third-order valence-electron chi connectivity index (χ3n) is 5.61. The van der Waals surface area contributed by atoms with Crippen LogP contribution in [-0.2, 0) is 4.79 Å². The Kier molecular flexibility index (Phi) is 5.43. The van der Waals surface area contributed by atoms with Crippen molar-refractivity contribution in [2.45, 2.75) is 44.7 Å². The third-order valence-corrected chi connectivity index (χ3v) is 5.61. The van der Waals surface area contributed by atoms with Crippen LogP contribution in [0.25, 0.3) is 0 Å². The summed E-state index contributed by atoms with van der Waals surface area (Å²) in [5, 5.41) is 10.9. The Labute approximate surface area is 165 Å². The van der Waals surface area contributed by atoms with Crippen molar-refractivity contribution >= 4 is 17.5 Å². The molecule has 1 aromatic carbocycles. The van der Waals surface area contributed by atoms with Gasteiger partial charge in [0.2, 0.25) is 5.91 Å². The minimum Gasteiger partial charge on any atom is -0.344 e. The normalized spacial score (nSPS) is 21.0. The molecule has 7 heteroatoms. The van der Waals surface area contributed by atoms with Gasteiger partial charge in [-0.1, -0.05) is 12.1 Å². The molecule has 0 bridgehead atoms. The molecule has 2 unspecified atom stereocenters. The van der Waals surface area contributed by atoms with Gasteiger partial charge in [-0.05, 0) is 56.5 Å². The topological polar surface area (TPSA) is 79.3 Å². The van der Waals surface area contributed by atoms with Crippen LogP contribution in [0.5, 0.6) is 0 Å². The molecular formula is C21H27N5O2. The maximum atomic E-state index is 12.6. The van der Waals surface area contributed by atoms with Crippen LogP contribution >= 0.6 is 0 Å². The van der Waals surface area contributed by atoms with E-state index in [4.69, 9.17) is 0 Å². The van der Waals surface area contributed by atoms with Crippen LogP contribution in [0.15, 0.2) is 36.5 Å². The van der Waals surface area contributed by atoms with Crippen LogP contribution in [0.2, 0.25) is 0 Å². The van der Waals surface area contributed by atoms with Gasteiger partial charge in [-0.2, -0.15) is 5.10 Å². The number of anilines is 1. The summed E-state index contributed by atoms with van der Waals surface area (Å²) in [6.07, 6.45) is 5.63. The Morgan fingerprint density at radius 1 is 1.25 bits per heavy atom. The largest absolute Gasteiger partial charge is 0.344 e. The first-order valence-electron chi connectivity index (χ1n) is 10.1. The van der Waals surface area contributed by atoms with E-state index in [9.17, 15) is 9.59 Å². The Bertz CT molecular complexity index is 839. The Morgan fingerprint density at radius 2 is 2.07 bits per heavy atom. The van der Waals surface area contributed by atoms with E-state index < -0.39 is 0 Å². The molecule has 4 rings (SSSR count). The molecular weight excluding hydrogens is 354 g/mol. The lowest BCUT2D eigenvalue weighted by molar-refractivity contribution is -0.117. The summed E-state index contributed by atoms with van der Waals surface area (Å²) in [5.41, 5.74) is 2.36. The average Bonchev–Trinajstić information content (AvgIpc) is 3.38. The molecule has 0 saturated carbocycles. The summed E-state index contributed by atoms with van der Waals surface area (Å²) in [4.78, 5) is 26.3. The monoisotopic (exact) mass is 381 g/mol. The molecule has 2 fully saturated rings. The molecule has 2 atom stereocenters. The van der Waals surface area contributed by atoms with E-state index in [-0.39, 0.29) is 17.9 Å². The first-order chi connectivity index (χ1) is 13.6. The lowest BCUT2D eigenvalue weighted by atomic mass is 10.1. The van der Waals surface area contributed by atoms with Gasteiger partial charge in [0.1, 0.15) is 5.69 Å². The highest BCUT2D eigenvalue weighted by Gasteiger charge is 2.22. The molecule has 0 spiro atoms. The summed E-state index contributed by atoms with van der Waals surface area (Å²) in [7, 11) is 0. The predicted octanol–water partition coefficient (Wildman–Crippen LogP) is 2.43. The summed E-state index contributed by atoms with van der Waals surface area (Å²) in [6, 6.07) is 9.79. The van der Waals surface area contributed by atoms with Crippen molar-refractivity contribution in [2.24, 2.45) is 0 Å². The number of amides is 2. The van der Waals surface area contributed by atoms with Gasteiger partial charge in [-0.3, -0.25) is 14.3 Å². The number of rotatable bonds is 5. The highest BCUT2D eigenvalue weighted by Crippen LogP contribution is 2.23. The minimum absolute atomic E-state index is 0.141. The zero-order valence-electron chi connectivity index (χ0n) is 16.2. The van der Waals surface area contributed by atoms with Gasteiger partial charge in [0.15, 0.2) is 0 Å². The highest BCUT2D eigenvalue weighted by molar-refractivity contribution is 5.95. The molecule has 2 N–H and O–H groups in total. The zero-order valence-corrected chi connectivity index (χ0v) is 16.2. The van der Waals surface area contributed by atoms with Gasteiger partial charge < -0.3 is 15.5 Å². The van der Waals surface area contributed by atoms with E-state index in [0.717, 1.165) is 50.1 Å². The second-order valence-corrected chi connectivity index (χ2v) is 7.62. The first-order valence-corrected chi connectivity index (χ1v) is 10.1. The SMILES string of the molecule is CC(NC(=O)c1ccn(C2CCCNC2)n1)c1ccc(N2CCCC2=O)cc1. The van der Waals surface area contributed by atoms with E-state index in [0.29, 0.717) is 18.2 Å². The quantitative estimate of drug-likeness (QED) is 0.834. The molecule has 2 saturated heterocycles. The van der Waals surface area contributed by atoms with Crippen molar-refractivity contribution in [3.05, 3.63) is 47.8 Å². The molecule has 0 aliphatic carbocycles. The zero-order chi connectivity index (χ0) is 19.5. The number of piperidine rings is 1. The van der Waals surface area contributed by atoms with Crippen LogP contribution in [0, 0.1) is 0 Å². The van der Waals surface area contributed by atoms with Crippen molar-refractivity contribution < 1.29 is 9.59 Å². The van der Waals surface area contributed by atoms with Gasteiger partial charge in [0.05, 0.1) is 12.1 Å². The number of hydrogen-bond acceptors (Lipinski definition) is 4. The molecule has 7 nitrogen and oxygen atoms in total. The van der Waals surface area contributed by atoms with Crippen molar-refractivity contribution in [1.29, 1.82) is 0 Å². The van der Waals surface area contributed by atoms with Gasteiger partial charge in [0, 0.05) is 31.4 Å². The molecule has 2 amide bonds. The standard InChI is InChI=1S/C21H27N5O2/c1-15(16-6-8-17(9-7-16)25-12-3-5-20(25)27)23-21(28)19-10-13-26(24-19)18-4-2-11-22-14-18/h6-10,13,15,18,22H,2-5,11-12,14H2,1H3,(H,23,28). The Morgan fingerprint density at radius 3 is 2.75 bits per heavy atom. The minimum atomic E-state index is -0.172. The molecule has 2 aliphatic rings. The van der Waals surface area contributed by atoms with Crippen LogP contribution in [-0.4, -0.2) is 41.2 Å². The van der Waals surface area contributed by atoms with Crippen molar-refractivity contribution in [3.63, 3.8) is 0 Å². The van der Waals surface area contributed by atoms with Crippen LogP contribution < -0.4 is 15.5 Å². The van der Waals surface area contributed by atoms with E-state index in [1.54, 1.807) is 6.07 Å². The smallest absolute Gasteiger partial charge is 0.272 e. The number of carbonyl (C=O) groups excluding carboxylic acids is 2. The van der Waals surface area contributed by atoms with E-state index in [2.05, 4.69) is 15.7 Å². The second kappa shape index (κ2) is 8.14. The fraction of sp³-hybridized carbons (Fsp3) is 0.476. The van der Waals surface area contributed by atoms with Gasteiger partial charge in [-0.15, -0.1) is 0 Å². The Hall–Kier alpha value is -2.67. The molecule has 0 radical (unpaired) electrons. The maximum Gasteiger partial charge on any atom is 0.272 e. The van der Waals surface area contributed by atoms with Gasteiger partial charge in [-0.25, -0.2) is 0 Å². The molecule has 28 heavy (non-hydrogen) atoms. The average molecular weight is 381 g/mol. The number of nitrogens with zero attached hydrogens (tertiary/aromatic N) is 3. The molecule has 1 aromatic heterocycles. The molecule has 2 aromatic rings.